The summed E-state index contributed by atoms with van der Waals surface area (Å²) in [5.41, 5.74) is 2.93. The molecule has 0 saturated heterocycles. The lowest BCUT2D eigenvalue weighted by atomic mass is 9.82. The van der Waals surface area contributed by atoms with Crippen LogP contribution in [-0.2, 0) is 9.84 Å². The van der Waals surface area contributed by atoms with E-state index in [4.69, 9.17) is 5.84 Å². The molecule has 1 saturated carbocycles. The van der Waals surface area contributed by atoms with Gasteiger partial charge < -0.3 is 4.90 Å². The fourth-order valence-electron chi connectivity index (χ4n) is 3.25. The van der Waals surface area contributed by atoms with Crippen molar-refractivity contribution in [2.75, 3.05) is 25.9 Å². The number of rotatable bonds is 8. The van der Waals surface area contributed by atoms with Crippen molar-refractivity contribution in [3.8, 4) is 0 Å². The molecule has 1 rings (SSSR count). The monoisotopic (exact) mass is 305 g/mol. The molecular formula is C14H31N3O2S. The molecule has 5 nitrogen and oxygen atoms in total. The van der Waals surface area contributed by atoms with Crippen LogP contribution in [0.1, 0.15) is 46.0 Å². The SMILES string of the molecule is CCN(CC)CCC(NN)C1CCCC(S(C)(=O)=O)C1. The second-order valence-electron chi connectivity index (χ2n) is 5.97. The molecule has 1 aliphatic rings. The van der Waals surface area contributed by atoms with Crippen LogP contribution in [0.25, 0.3) is 0 Å². The van der Waals surface area contributed by atoms with E-state index in [1.54, 1.807) is 0 Å². The lowest BCUT2D eigenvalue weighted by Crippen LogP contribution is -2.46. The van der Waals surface area contributed by atoms with Gasteiger partial charge >= 0.3 is 0 Å². The first kappa shape index (κ1) is 17.9. The van der Waals surface area contributed by atoms with E-state index >= 15 is 0 Å². The molecule has 0 aromatic rings. The Balaban J connectivity index is 2.56. The van der Waals surface area contributed by atoms with Crippen LogP contribution in [0.15, 0.2) is 0 Å². The van der Waals surface area contributed by atoms with Crippen LogP contribution in [0.5, 0.6) is 0 Å². The molecular weight excluding hydrogens is 274 g/mol. The molecule has 0 radical (unpaired) electrons. The normalized spacial score (nSPS) is 25.9. The van der Waals surface area contributed by atoms with Gasteiger partial charge in [-0.3, -0.25) is 11.3 Å². The van der Waals surface area contributed by atoms with Gasteiger partial charge in [-0.1, -0.05) is 20.3 Å². The van der Waals surface area contributed by atoms with E-state index in [0.29, 0.717) is 5.92 Å². The third-order valence-corrected chi connectivity index (χ3v) is 6.35. The highest BCUT2D eigenvalue weighted by molar-refractivity contribution is 7.91. The summed E-state index contributed by atoms with van der Waals surface area (Å²) >= 11 is 0. The van der Waals surface area contributed by atoms with E-state index < -0.39 is 9.84 Å². The van der Waals surface area contributed by atoms with Gasteiger partial charge in [0.1, 0.15) is 9.84 Å². The van der Waals surface area contributed by atoms with Gasteiger partial charge in [-0.2, -0.15) is 0 Å². The highest BCUT2D eigenvalue weighted by atomic mass is 32.2. The molecule has 3 unspecified atom stereocenters. The summed E-state index contributed by atoms with van der Waals surface area (Å²) in [7, 11) is -2.92. The number of nitrogens with zero attached hydrogens (tertiary/aromatic N) is 1. The van der Waals surface area contributed by atoms with Gasteiger partial charge in [-0.05, 0) is 51.2 Å². The number of hydrogen-bond donors (Lipinski definition) is 2. The quantitative estimate of drug-likeness (QED) is 0.520. The fourth-order valence-corrected chi connectivity index (χ4v) is 4.44. The Bertz CT molecular complexity index is 369. The van der Waals surface area contributed by atoms with Crippen molar-refractivity contribution in [1.29, 1.82) is 0 Å². The molecule has 20 heavy (non-hydrogen) atoms. The van der Waals surface area contributed by atoms with Gasteiger partial charge in [-0.25, -0.2) is 8.42 Å². The van der Waals surface area contributed by atoms with E-state index in [0.717, 1.165) is 51.7 Å². The summed E-state index contributed by atoms with van der Waals surface area (Å²) in [4.78, 5) is 2.38. The Hall–Kier alpha value is -0.170. The highest BCUT2D eigenvalue weighted by Crippen LogP contribution is 2.31. The van der Waals surface area contributed by atoms with Crippen molar-refractivity contribution < 1.29 is 8.42 Å². The Morgan fingerprint density at radius 3 is 2.45 bits per heavy atom. The predicted octanol–water partition coefficient (Wildman–Crippen LogP) is 1.15. The fraction of sp³-hybridized carbons (Fsp3) is 1.00. The third-order valence-electron chi connectivity index (χ3n) is 4.71. The minimum atomic E-state index is -2.92. The van der Waals surface area contributed by atoms with Crippen LogP contribution < -0.4 is 11.3 Å². The van der Waals surface area contributed by atoms with Crippen LogP contribution in [-0.4, -0.2) is 50.5 Å². The maximum atomic E-state index is 11.7. The Morgan fingerprint density at radius 2 is 1.95 bits per heavy atom. The van der Waals surface area contributed by atoms with E-state index in [2.05, 4.69) is 24.2 Å². The lowest BCUT2D eigenvalue weighted by Gasteiger charge is -2.34. The summed E-state index contributed by atoms with van der Waals surface area (Å²) in [5, 5.41) is -0.175. The summed E-state index contributed by atoms with van der Waals surface area (Å²) in [6.07, 6.45) is 5.99. The second kappa shape index (κ2) is 8.32. The molecule has 6 heteroatoms. The Labute approximate surface area is 124 Å². The zero-order chi connectivity index (χ0) is 15.2. The van der Waals surface area contributed by atoms with Crippen LogP contribution in [0.3, 0.4) is 0 Å². The van der Waals surface area contributed by atoms with Crippen molar-refractivity contribution in [2.24, 2.45) is 11.8 Å². The minimum Gasteiger partial charge on any atom is -0.304 e. The molecule has 0 amide bonds. The van der Waals surface area contributed by atoms with Crippen molar-refractivity contribution in [3.63, 3.8) is 0 Å². The highest BCUT2D eigenvalue weighted by Gasteiger charge is 2.32. The summed E-state index contributed by atoms with van der Waals surface area (Å²) in [5.74, 6) is 6.09. The summed E-state index contributed by atoms with van der Waals surface area (Å²) in [6.45, 7) is 7.43. The molecule has 3 atom stereocenters. The lowest BCUT2D eigenvalue weighted by molar-refractivity contribution is 0.222. The zero-order valence-electron chi connectivity index (χ0n) is 13.1. The largest absolute Gasteiger partial charge is 0.304 e. The molecule has 0 aliphatic heterocycles. The average Bonchev–Trinajstić information content (AvgIpc) is 2.43. The summed E-state index contributed by atoms with van der Waals surface area (Å²) < 4.78 is 23.5. The van der Waals surface area contributed by atoms with E-state index in [9.17, 15) is 8.42 Å². The van der Waals surface area contributed by atoms with Crippen LogP contribution >= 0.6 is 0 Å². The molecule has 0 bridgehead atoms. The molecule has 1 fully saturated rings. The first-order valence-electron chi connectivity index (χ1n) is 7.79. The Kier molecular flexibility index (Phi) is 7.43. The molecule has 0 aromatic heterocycles. The first-order valence-corrected chi connectivity index (χ1v) is 9.75. The van der Waals surface area contributed by atoms with Gasteiger partial charge in [0.05, 0.1) is 5.25 Å². The number of sulfone groups is 1. The van der Waals surface area contributed by atoms with Gasteiger partial charge in [0.2, 0.25) is 0 Å². The number of nitrogens with two attached hydrogens (primary N) is 1. The molecule has 0 aromatic carbocycles. The van der Waals surface area contributed by atoms with Crippen molar-refractivity contribution in [2.45, 2.75) is 57.2 Å². The average molecular weight is 305 g/mol. The van der Waals surface area contributed by atoms with Gasteiger partial charge in [0.15, 0.2) is 0 Å². The van der Waals surface area contributed by atoms with Gasteiger partial charge in [0, 0.05) is 12.3 Å². The van der Waals surface area contributed by atoms with Crippen molar-refractivity contribution in [3.05, 3.63) is 0 Å². The van der Waals surface area contributed by atoms with E-state index in [-0.39, 0.29) is 11.3 Å². The standard InChI is InChI=1S/C14H31N3O2S/c1-4-17(5-2)10-9-14(16-15)12-7-6-8-13(11-12)20(3,18)19/h12-14,16H,4-11,15H2,1-3H3. The number of hydrazine groups is 1. The van der Waals surface area contributed by atoms with Crippen molar-refractivity contribution >= 4 is 9.84 Å². The predicted molar refractivity (Wildman–Crippen MR) is 84.1 cm³/mol. The van der Waals surface area contributed by atoms with Gasteiger partial charge in [-0.15, -0.1) is 0 Å². The van der Waals surface area contributed by atoms with Gasteiger partial charge in [0.25, 0.3) is 0 Å². The molecule has 120 valence electrons. The summed E-state index contributed by atoms with van der Waals surface area (Å²) in [6, 6.07) is 0.222. The maximum Gasteiger partial charge on any atom is 0.150 e. The van der Waals surface area contributed by atoms with E-state index in [1.165, 1.54) is 6.26 Å². The Morgan fingerprint density at radius 1 is 1.30 bits per heavy atom. The number of hydrogen-bond acceptors (Lipinski definition) is 5. The minimum absolute atomic E-state index is 0.175. The third kappa shape index (κ3) is 5.31. The van der Waals surface area contributed by atoms with E-state index in [1.807, 2.05) is 0 Å². The van der Waals surface area contributed by atoms with Crippen LogP contribution in [0.4, 0.5) is 0 Å². The second-order valence-corrected chi connectivity index (χ2v) is 8.29. The molecule has 1 aliphatic carbocycles. The number of nitrogens with one attached hydrogen (secondary N) is 1. The van der Waals surface area contributed by atoms with Crippen LogP contribution in [0, 0.1) is 5.92 Å². The zero-order valence-corrected chi connectivity index (χ0v) is 14.0. The molecule has 0 heterocycles. The molecule has 0 spiro atoms. The van der Waals surface area contributed by atoms with Crippen LogP contribution in [0.2, 0.25) is 0 Å². The maximum absolute atomic E-state index is 11.7. The topological polar surface area (TPSA) is 75.4 Å². The van der Waals surface area contributed by atoms with Crippen molar-refractivity contribution in [1.82, 2.24) is 10.3 Å². The molecule has 3 N–H and O–H groups in total. The smallest absolute Gasteiger partial charge is 0.150 e. The first-order chi connectivity index (χ1) is 9.42.